The molecule has 0 atom stereocenters. The van der Waals surface area contributed by atoms with E-state index in [1.54, 1.807) is 12.1 Å². The SMILES string of the molecule is Cc1ccc(NC(=O)c2cccc(S(=O)(=O)NC3CCCC3)c2)cc1. The molecule has 2 N–H and O–H groups in total. The van der Waals surface area contributed by atoms with Crippen LogP contribution in [-0.2, 0) is 10.0 Å². The highest BCUT2D eigenvalue weighted by Crippen LogP contribution is 2.21. The molecule has 2 aromatic carbocycles. The summed E-state index contributed by atoms with van der Waals surface area (Å²) in [5.74, 6) is -0.332. The van der Waals surface area contributed by atoms with Crippen LogP contribution in [0.5, 0.6) is 0 Å². The van der Waals surface area contributed by atoms with Crippen LogP contribution in [0.2, 0.25) is 0 Å². The maximum Gasteiger partial charge on any atom is 0.255 e. The summed E-state index contributed by atoms with van der Waals surface area (Å²) in [6, 6.07) is 13.6. The number of anilines is 1. The topological polar surface area (TPSA) is 75.3 Å². The van der Waals surface area contributed by atoms with E-state index in [-0.39, 0.29) is 16.8 Å². The van der Waals surface area contributed by atoms with Crippen molar-refractivity contribution in [1.29, 1.82) is 0 Å². The zero-order valence-electron chi connectivity index (χ0n) is 14.2. The molecule has 1 saturated carbocycles. The predicted molar refractivity (Wildman–Crippen MR) is 98.2 cm³/mol. The second-order valence-corrected chi connectivity index (χ2v) is 8.16. The van der Waals surface area contributed by atoms with Crippen LogP contribution in [0.4, 0.5) is 5.69 Å². The van der Waals surface area contributed by atoms with Crippen LogP contribution in [0.15, 0.2) is 53.4 Å². The summed E-state index contributed by atoms with van der Waals surface area (Å²) in [6.45, 7) is 1.97. The Kier molecular flexibility index (Phi) is 5.20. The third-order valence-corrected chi connectivity index (χ3v) is 5.91. The monoisotopic (exact) mass is 358 g/mol. The molecule has 2 aromatic rings. The number of nitrogens with one attached hydrogen (secondary N) is 2. The highest BCUT2D eigenvalue weighted by Gasteiger charge is 2.23. The minimum Gasteiger partial charge on any atom is -0.322 e. The number of amides is 1. The fraction of sp³-hybridized carbons (Fsp3) is 0.316. The van der Waals surface area contributed by atoms with Gasteiger partial charge in [-0.05, 0) is 50.1 Å². The molecule has 132 valence electrons. The Hall–Kier alpha value is -2.18. The lowest BCUT2D eigenvalue weighted by Crippen LogP contribution is -2.32. The molecular formula is C19H22N2O3S. The number of hydrogen-bond acceptors (Lipinski definition) is 3. The number of carbonyl (C=O) groups excluding carboxylic acids is 1. The number of rotatable bonds is 5. The zero-order valence-corrected chi connectivity index (χ0v) is 15.0. The van der Waals surface area contributed by atoms with Crippen LogP contribution in [0.1, 0.15) is 41.6 Å². The molecule has 0 heterocycles. The van der Waals surface area contributed by atoms with E-state index >= 15 is 0 Å². The molecule has 0 bridgehead atoms. The summed E-state index contributed by atoms with van der Waals surface area (Å²) >= 11 is 0. The van der Waals surface area contributed by atoms with Gasteiger partial charge in [0.2, 0.25) is 10.0 Å². The molecule has 0 radical (unpaired) electrons. The summed E-state index contributed by atoms with van der Waals surface area (Å²) < 4.78 is 27.8. The Morgan fingerprint density at radius 1 is 1.04 bits per heavy atom. The third-order valence-electron chi connectivity index (χ3n) is 4.39. The average molecular weight is 358 g/mol. The maximum atomic E-state index is 12.5. The lowest BCUT2D eigenvalue weighted by molar-refractivity contribution is 0.102. The van der Waals surface area contributed by atoms with Crippen LogP contribution in [0, 0.1) is 6.92 Å². The molecule has 0 saturated heterocycles. The van der Waals surface area contributed by atoms with Crippen molar-refractivity contribution in [2.24, 2.45) is 0 Å². The van der Waals surface area contributed by atoms with Gasteiger partial charge in [-0.25, -0.2) is 13.1 Å². The highest BCUT2D eigenvalue weighted by molar-refractivity contribution is 7.89. The minimum absolute atomic E-state index is 0.00459. The first kappa shape index (κ1) is 17.6. The summed E-state index contributed by atoms with van der Waals surface area (Å²) in [4.78, 5) is 12.5. The van der Waals surface area contributed by atoms with Crippen molar-refractivity contribution in [3.8, 4) is 0 Å². The van der Waals surface area contributed by atoms with Gasteiger partial charge in [0.1, 0.15) is 0 Å². The van der Waals surface area contributed by atoms with Crippen LogP contribution >= 0.6 is 0 Å². The second kappa shape index (κ2) is 7.37. The van der Waals surface area contributed by atoms with Gasteiger partial charge in [0.25, 0.3) is 5.91 Å². The molecule has 0 unspecified atom stereocenters. The standard InChI is InChI=1S/C19H22N2O3S/c1-14-9-11-16(12-10-14)20-19(22)15-5-4-8-18(13-15)25(23,24)21-17-6-2-3-7-17/h4-5,8-13,17,21H,2-3,6-7H2,1H3,(H,20,22). The van der Waals surface area contributed by atoms with Crippen molar-refractivity contribution in [1.82, 2.24) is 4.72 Å². The van der Waals surface area contributed by atoms with Crippen molar-refractivity contribution in [2.75, 3.05) is 5.32 Å². The smallest absolute Gasteiger partial charge is 0.255 e. The number of benzene rings is 2. The van der Waals surface area contributed by atoms with E-state index in [9.17, 15) is 13.2 Å². The number of hydrogen-bond donors (Lipinski definition) is 2. The van der Waals surface area contributed by atoms with Crippen molar-refractivity contribution in [3.05, 3.63) is 59.7 Å². The first-order valence-electron chi connectivity index (χ1n) is 8.44. The van der Waals surface area contributed by atoms with Crippen LogP contribution in [0.25, 0.3) is 0 Å². The molecule has 1 amide bonds. The molecule has 25 heavy (non-hydrogen) atoms. The molecule has 0 aliphatic heterocycles. The largest absolute Gasteiger partial charge is 0.322 e. The molecular weight excluding hydrogens is 336 g/mol. The molecule has 1 fully saturated rings. The Bertz CT molecular complexity index is 854. The van der Waals surface area contributed by atoms with Gasteiger partial charge in [-0.2, -0.15) is 0 Å². The van der Waals surface area contributed by atoms with E-state index in [4.69, 9.17) is 0 Å². The van der Waals surface area contributed by atoms with Gasteiger partial charge < -0.3 is 5.32 Å². The Morgan fingerprint density at radius 3 is 2.40 bits per heavy atom. The number of aryl methyl sites for hydroxylation is 1. The van der Waals surface area contributed by atoms with E-state index in [0.717, 1.165) is 31.2 Å². The van der Waals surface area contributed by atoms with E-state index in [2.05, 4.69) is 10.0 Å². The van der Waals surface area contributed by atoms with Crippen molar-refractivity contribution in [3.63, 3.8) is 0 Å². The lowest BCUT2D eigenvalue weighted by atomic mass is 10.2. The van der Waals surface area contributed by atoms with Crippen molar-refractivity contribution in [2.45, 2.75) is 43.5 Å². The summed E-state index contributed by atoms with van der Waals surface area (Å²) in [5, 5.41) is 2.78. The van der Waals surface area contributed by atoms with E-state index in [1.807, 2.05) is 31.2 Å². The molecule has 5 nitrogen and oxygen atoms in total. The second-order valence-electron chi connectivity index (χ2n) is 6.45. The molecule has 3 rings (SSSR count). The molecule has 6 heteroatoms. The first-order valence-corrected chi connectivity index (χ1v) is 9.93. The molecule has 0 aromatic heterocycles. The zero-order chi connectivity index (χ0) is 17.9. The Labute approximate surface area is 148 Å². The summed E-state index contributed by atoms with van der Waals surface area (Å²) in [7, 11) is -3.61. The van der Waals surface area contributed by atoms with Crippen LogP contribution < -0.4 is 10.0 Å². The predicted octanol–water partition coefficient (Wildman–Crippen LogP) is 3.47. The first-order chi connectivity index (χ1) is 11.9. The van der Waals surface area contributed by atoms with Crippen molar-refractivity contribution < 1.29 is 13.2 Å². The van der Waals surface area contributed by atoms with Crippen LogP contribution in [-0.4, -0.2) is 20.4 Å². The van der Waals surface area contributed by atoms with Gasteiger partial charge in [0.15, 0.2) is 0 Å². The summed E-state index contributed by atoms with van der Waals surface area (Å²) in [5.41, 5.74) is 2.09. The van der Waals surface area contributed by atoms with Gasteiger partial charge in [-0.15, -0.1) is 0 Å². The fourth-order valence-corrected chi connectivity index (χ4v) is 4.33. The van der Waals surface area contributed by atoms with E-state index in [0.29, 0.717) is 11.3 Å². The van der Waals surface area contributed by atoms with E-state index < -0.39 is 10.0 Å². The van der Waals surface area contributed by atoms with Gasteiger partial charge in [-0.1, -0.05) is 36.6 Å². The van der Waals surface area contributed by atoms with Gasteiger partial charge in [0.05, 0.1) is 4.90 Å². The molecule has 0 spiro atoms. The number of sulfonamides is 1. The third kappa shape index (κ3) is 4.46. The maximum absolute atomic E-state index is 12.5. The van der Waals surface area contributed by atoms with Gasteiger partial charge >= 0.3 is 0 Å². The van der Waals surface area contributed by atoms with Gasteiger partial charge in [-0.3, -0.25) is 4.79 Å². The van der Waals surface area contributed by atoms with Gasteiger partial charge in [0, 0.05) is 17.3 Å². The van der Waals surface area contributed by atoms with E-state index in [1.165, 1.54) is 12.1 Å². The quantitative estimate of drug-likeness (QED) is 0.859. The highest BCUT2D eigenvalue weighted by atomic mass is 32.2. The minimum atomic E-state index is -3.61. The average Bonchev–Trinajstić information content (AvgIpc) is 3.09. The van der Waals surface area contributed by atoms with Crippen LogP contribution in [0.3, 0.4) is 0 Å². The summed E-state index contributed by atoms with van der Waals surface area (Å²) in [6.07, 6.45) is 3.83. The fourth-order valence-electron chi connectivity index (χ4n) is 2.98. The van der Waals surface area contributed by atoms with Crippen molar-refractivity contribution >= 4 is 21.6 Å². The lowest BCUT2D eigenvalue weighted by Gasteiger charge is -2.13. The Balaban J connectivity index is 1.76. The molecule has 1 aliphatic rings. The normalized spacial score (nSPS) is 15.2. The Morgan fingerprint density at radius 2 is 1.72 bits per heavy atom. The number of carbonyl (C=O) groups is 1. The molecule has 1 aliphatic carbocycles.